The molecule has 0 spiro atoms. The maximum Gasteiger partial charge on any atom is 0.220 e. The predicted octanol–water partition coefficient (Wildman–Crippen LogP) is 0.655. The smallest absolute Gasteiger partial charge is 0.220 e. The van der Waals surface area contributed by atoms with E-state index in [9.17, 15) is 0 Å². The minimum Gasteiger partial charge on any atom is -0.368 e. The summed E-state index contributed by atoms with van der Waals surface area (Å²) in [4.78, 5) is 10.4. The van der Waals surface area contributed by atoms with Crippen molar-refractivity contribution in [1.82, 2.24) is 14.9 Å². The number of anilines is 1. The van der Waals surface area contributed by atoms with E-state index in [2.05, 4.69) is 14.9 Å². The summed E-state index contributed by atoms with van der Waals surface area (Å²) in [6, 6.07) is 1.93. The van der Waals surface area contributed by atoms with Crippen LogP contribution in [0.4, 0.5) is 5.95 Å². The summed E-state index contributed by atoms with van der Waals surface area (Å²) in [5.74, 6) is 0.372. The van der Waals surface area contributed by atoms with Crippen LogP contribution < -0.4 is 5.73 Å². The highest BCUT2D eigenvalue weighted by Crippen LogP contribution is 2.10. The Morgan fingerprint density at radius 1 is 1.38 bits per heavy atom. The molecule has 0 aliphatic carbocycles. The summed E-state index contributed by atoms with van der Waals surface area (Å²) >= 11 is 0. The fraction of sp³-hybridized carbons (Fsp3) is 0.556. The third-order valence-electron chi connectivity index (χ3n) is 2.32. The number of hydrogen-bond acceptors (Lipinski definition) is 4. The van der Waals surface area contributed by atoms with Crippen LogP contribution in [0.15, 0.2) is 12.3 Å². The van der Waals surface area contributed by atoms with Gasteiger partial charge in [0.15, 0.2) is 0 Å². The van der Waals surface area contributed by atoms with Gasteiger partial charge in [0.25, 0.3) is 0 Å². The van der Waals surface area contributed by atoms with Gasteiger partial charge in [-0.3, -0.25) is 4.90 Å². The van der Waals surface area contributed by atoms with Gasteiger partial charge in [0.2, 0.25) is 5.95 Å². The van der Waals surface area contributed by atoms with Crippen LogP contribution >= 0.6 is 0 Å². The normalized spacial score (nSPS) is 17.8. The fourth-order valence-corrected chi connectivity index (χ4v) is 1.67. The molecule has 2 rings (SSSR count). The number of rotatable bonds is 2. The number of aromatic nitrogens is 2. The van der Waals surface area contributed by atoms with E-state index in [0.717, 1.165) is 12.2 Å². The standard InChI is InChI=1S/C9H14N4/c10-9-11-4-3-8(12-9)7-13-5-1-2-6-13/h3-4H,1-2,5-7H2,(H2,10,11,12). The van der Waals surface area contributed by atoms with Crippen LogP contribution in [-0.2, 0) is 6.54 Å². The first kappa shape index (κ1) is 8.44. The van der Waals surface area contributed by atoms with Crippen LogP contribution in [0.3, 0.4) is 0 Å². The highest BCUT2D eigenvalue weighted by molar-refractivity contribution is 5.17. The van der Waals surface area contributed by atoms with E-state index in [1.165, 1.54) is 25.9 Å². The Labute approximate surface area is 77.8 Å². The summed E-state index contributed by atoms with van der Waals surface area (Å²) in [7, 11) is 0. The van der Waals surface area contributed by atoms with Crippen molar-refractivity contribution in [2.45, 2.75) is 19.4 Å². The first-order chi connectivity index (χ1) is 6.34. The third-order valence-corrected chi connectivity index (χ3v) is 2.32. The first-order valence-electron chi connectivity index (χ1n) is 4.64. The number of nitrogen functional groups attached to an aromatic ring is 1. The van der Waals surface area contributed by atoms with Crippen LogP contribution in [0.1, 0.15) is 18.5 Å². The molecule has 0 bridgehead atoms. The molecule has 2 heterocycles. The summed E-state index contributed by atoms with van der Waals surface area (Å²) < 4.78 is 0. The molecular formula is C9H14N4. The van der Waals surface area contributed by atoms with Gasteiger partial charge in [-0.15, -0.1) is 0 Å². The lowest BCUT2D eigenvalue weighted by Crippen LogP contribution is -2.19. The van der Waals surface area contributed by atoms with Gasteiger partial charge in [-0.05, 0) is 32.0 Å². The monoisotopic (exact) mass is 178 g/mol. The average Bonchev–Trinajstić information content (AvgIpc) is 2.57. The van der Waals surface area contributed by atoms with Crippen molar-refractivity contribution in [3.63, 3.8) is 0 Å². The molecule has 70 valence electrons. The van der Waals surface area contributed by atoms with Gasteiger partial charge < -0.3 is 5.73 Å². The van der Waals surface area contributed by atoms with Crippen LogP contribution in [0.5, 0.6) is 0 Å². The lowest BCUT2D eigenvalue weighted by molar-refractivity contribution is 0.327. The zero-order valence-corrected chi connectivity index (χ0v) is 7.61. The molecule has 1 saturated heterocycles. The molecule has 13 heavy (non-hydrogen) atoms. The Morgan fingerprint density at radius 2 is 2.15 bits per heavy atom. The van der Waals surface area contributed by atoms with E-state index < -0.39 is 0 Å². The minimum absolute atomic E-state index is 0.372. The molecule has 0 unspecified atom stereocenters. The molecule has 4 heteroatoms. The Bertz CT molecular complexity index is 281. The quantitative estimate of drug-likeness (QED) is 0.722. The maximum atomic E-state index is 5.49. The number of hydrogen-bond donors (Lipinski definition) is 1. The van der Waals surface area contributed by atoms with Crippen molar-refractivity contribution in [3.05, 3.63) is 18.0 Å². The van der Waals surface area contributed by atoms with E-state index in [4.69, 9.17) is 5.73 Å². The second-order valence-electron chi connectivity index (χ2n) is 3.39. The van der Waals surface area contributed by atoms with Gasteiger partial charge in [-0.1, -0.05) is 0 Å². The van der Waals surface area contributed by atoms with Crippen molar-refractivity contribution in [3.8, 4) is 0 Å². The number of nitrogens with zero attached hydrogens (tertiary/aromatic N) is 3. The highest BCUT2D eigenvalue weighted by Gasteiger charge is 2.12. The number of likely N-dealkylation sites (tertiary alicyclic amines) is 1. The summed E-state index contributed by atoms with van der Waals surface area (Å²) in [5.41, 5.74) is 6.51. The molecule has 1 aromatic rings. The molecule has 1 aliphatic heterocycles. The van der Waals surface area contributed by atoms with Gasteiger partial charge in [-0.2, -0.15) is 0 Å². The Hall–Kier alpha value is -1.16. The number of nitrogens with two attached hydrogens (primary N) is 1. The molecular weight excluding hydrogens is 164 g/mol. The highest BCUT2D eigenvalue weighted by atomic mass is 15.1. The van der Waals surface area contributed by atoms with Crippen molar-refractivity contribution in [2.75, 3.05) is 18.8 Å². The minimum atomic E-state index is 0.372. The molecule has 1 aromatic heterocycles. The van der Waals surface area contributed by atoms with Crippen molar-refractivity contribution < 1.29 is 0 Å². The second kappa shape index (κ2) is 3.70. The predicted molar refractivity (Wildman–Crippen MR) is 51.0 cm³/mol. The van der Waals surface area contributed by atoms with Crippen LogP contribution in [0.2, 0.25) is 0 Å². The van der Waals surface area contributed by atoms with E-state index >= 15 is 0 Å². The molecule has 0 saturated carbocycles. The van der Waals surface area contributed by atoms with Gasteiger partial charge in [-0.25, -0.2) is 9.97 Å². The van der Waals surface area contributed by atoms with Gasteiger partial charge in [0.1, 0.15) is 0 Å². The molecule has 0 amide bonds. The molecule has 4 nitrogen and oxygen atoms in total. The molecule has 0 atom stereocenters. The van der Waals surface area contributed by atoms with Gasteiger partial charge in [0.05, 0.1) is 5.69 Å². The van der Waals surface area contributed by atoms with Crippen LogP contribution in [0.25, 0.3) is 0 Å². The Morgan fingerprint density at radius 3 is 2.85 bits per heavy atom. The average molecular weight is 178 g/mol. The van der Waals surface area contributed by atoms with E-state index in [1.807, 2.05) is 6.07 Å². The zero-order valence-electron chi connectivity index (χ0n) is 7.61. The van der Waals surface area contributed by atoms with Crippen LogP contribution in [0, 0.1) is 0 Å². The SMILES string of the molecule is Nc1nccc(CN2CCCC2)n1. The topological polar surface area (TPSA) is 55.0 Å². The molecule has 0 aromatic carbocycles. The van der Waals surface area contributed by atoms with Crippen molar-refractivity contribution in [2.24, 2.45) is 0 Å². The van der Waals surface area contributed by atoms with Crippen molar-refractivity contribution >= 4 is 5.95 Å². The molecule has 2 N–H and O–H groups in total. The Balaban J connectivity index is 2.00. The summed E-state index contributed by atoms with van der Waals surface area (Å²) in [5, 5.41) is 0. The molecule has 0 radical (unpaired) electrons. The molecule has 1 aliphatic rings. The second-order valence-corrected chi connectivity index (χ2v) is 3.39. The van der Waals surface area contributed by atoms with Crippen LogP contribution in [-0.4, -0.2) is 28.0 Å². The van der Waals surface area contributed by atoms with Gasteiger partial charge >= 0.3 is 0 Å². The lowest BCUT2D eigenvalue weighted by atomic mass is 10.4. The lowest BCUT2D eigenvalue weighted by Gasteiger charge is -2.13. The van der Waals surface area contributed by atoms with E-state index in [-0.39, 0.29) is 0 Å². The Kier molecular flexibility index (Phi) is 2.40. The first-order valence-corrected chi connectivity index (χ1v) is 4.64. The summed E-state index contributed by atoms with van der Waals surface area (Å²) in [6.45, 7) is 3.28. The maximum absolute atomic E-state index is 5.49. The fourth-order valence-electron chi connectivity index (χ4n) is 1.67. The van der Waals surface area contributed by atoms with E-state index in [0.29, 0.717) is 5.95 Å². The molecule has 1 fully saturated rings. The van der Waals surface area contributed by atoms with E-state index in [1.54, 1.807) is 6.20 Å². The third kappa shape index (κ3) is 2.15. The van der Waals surface area contributed by atoms with Crippen molar-refractivity contribution in [1.29, 1.82) is 0 Å². The summed E-state index contributed by atoms with van der Waals surface area (Å²) in [6.07, 6.45) is 4.33. The van der Waals surface area contributed by atoms with Gasteiger partial charge in [0, 0.05) is 12.7 Å². The zero-order chi connectivity index (χ0) is 9.10. The largest absolute Gasteiger partial charge is 0.368 e.